The highest BCUT2D eigenvalue weighted by Crippen LogP contribution is 2.33. The molecule has 0 aliphatic heterocycles. The van der Waals surface area contributed by atoms with Gasteiger partial charge in [-0.05, 0) is 62.7 Å². The van der Waals surface area contributed by atoms with E-state index < -0.39 is 7.69 Å². The van der Waals surface area contributed by atoms with E-state index >= 15 is 0 Å². The van der Waals surface area contributed by atoms with Crippen molar-refractivity contribution in [1.29, 1.82) is 0 Å². The molecule has 30 heavy (non-hydrogen) atoms. The minimum absolute atomic E-state index is 0.243. The monoisotopic (exact) mass is 420 g/mol. The zero-order chi connectivity index (χ0) is 20.9. The Morgan fingerprint density at radius 3 is 2.57 bits per heavy atom. The molecule has 5 nitrogen and oxygen atoms in total. The number of benzene rings is 2. The Bertz CT molecular complexity index is 1190. The third kappa shape index (κ3) is 4.56. The SMILES string of the molecule is NCCCc1cn(-c2ccc(F)cc2)c(=O)c(-c2cnp(Cc3ccccc3)c2)n1. The van der Waals surface area contributed by atoms with Crippen molar-refractivity contribution in [2.45, 2.75) is 19.0 Å². The number of hydrogen-bond acceptors (Lipinski definition) is 4. The summed E-state index contributed by atoms with van der Waals surface area (Å²) in [6.45, 7) is 0.541. The Balaban J connectivity index is 1.74. The number of rotatable bonds is 7. The van der Waals surface area contributed by atoms with Crippen LogP contribution in [0.5, 0.6) is 0 Å². The van der Waals surface area contributed by atoms with Crippen LogP contribution in [0.3, 0.4) is 0 Å². The van der Waals surface area contributed by atoms with Crippen molar-refractivity contribution < 1.29 is 4.39 Å². The van der Waals surface area contributed by atoms with E-state index in [1.807, 2.05) is 24.0 Å². The molecule has 0 saturated carbocycles. The number of aromatic nitrogens is 3. The molecule has 0 saturated heterocycles. The lowest BCUT2D eigenvalue weighted by Gasteiger charge is -2.10. The zero-order valence-electron chi connectivity index (χ0n) is 16.4. The van der Waals surface area contributed by atoms with E-state index in [1.165, 1.54) is 22.3 Å². The minimum atomic E-state index is -0.736. The molecule has 7 heteroatoms. The van der Waals surface area contributed by atoms with Gasteiger partial charge in [0.2, 0.25) is 0 Å². The van der Waals surface area contributed by atoms with Gasteiger partial charge >= 0.3 is 0 Å². The molecule has 2 N–H and O–H groups in total. The van der Waals surface area contributed by atoms with E-state index in [1.54, 1.807) is 24.5 Å². The van der Waals surface area contributed by atoms with E-state index in [0.29, 0.717) is 24.3 Å². The van der Waals surface area contributed by atoms with Crippen molar-refractivity contribution in [1.82, 2.24) is 14.3 Å². The van der Waals surface area contributed by atoms with Crippen LogP contribution in [0.1, 0.15) is 17.7 Å². The summed E-state index contributed by atoms with van der Waals surface area (Å²) in [4.78, 5) is 17.8. The fourth-order valence-corrected chi connectivity index (χ4v) is 4.88. The smallest absolute Gasteiger partial charge is 0.281 e. The van der Waals surface area contributed by atoms with E-state index in [9.17, 15) is 9.18 Å². The molecule has 0 fully saturated rings. The number of nitrogens with two attached hydrogens (primary N) is 1. The topological polar surface area (TPSA) is 73.8 Å². The van der Waals surface area contributed by atoms with Crippen LogP contribution in [0.2, 0.25) is 0 Å². The van der Waals surface area contributed by atoms with Gasteiger partial charge in [-0.3, -0.25) is 9.36 Å². The maximum atomic E-state index is 13.4. The second-order valence-corrected chi connectivity index (χ2v) is 8.72. The molecule has 0 aliphatic carbocycles. The summed E-state index contributed by atoms with van der Waals surface area (Å²) in [5, 5.41) is 0. The molecule has 0 radical (unpaired) electrons. The molecule has 0 amide bonds. The van der Waals surface area contributed by atoms with Gasteiger partial charge in [0.25, 0.3) is 5.56 Å². The van der Waals surface area contributed by atoms with Crippen molar-refractivity contribution in [3.8, 4) is 16.9 Å². The van der Waals surface area contributed by atoms with Gasteiger partial charge in [-0.2, -0.15) is 0 Å². The van der Waals surface area contributed by atoms with Crippen LogP contribution in [0.25, 0.3) is 16.9 Å². The molecule has 4 aromatic rings. The van der Waals surface area contributed by atoms with Crippen LogP contribution in [0, 0.1) is 5.82 Å². The summed E-state index contributed by atoms with van der Waals surface area (Å²) in [6, 6.07) is 16.0. The zero-order valence-corrected chi connectivity index (χ0v) is 17.3. The maximum Gasteiger partial charge on any atom is 0.281 e. The highest BCUT2D eigenvalue weighted by Gasteiger charge is 2.14. The first-order chi connectivity index (χ1) is 14.6. The molecule has 1 atom stereocenters. The second kappa shape index (κ2) is 9.16. The summed E-state index contributed by atoms with van der Waals surface area (Å²) in [5.41, 5.74) is 9.11. The van der Waals surface area contributed by atoms with E-state index in [2.05, 4.69) is 21.9 Å². The van der Waals surface area contributed by atoms with Gasteiger partial charge in [0.15, 0.2) is 0 Å². The fraction of sp³-hybridized carbons (Fsp3) is 0.174. The lowest BCUT2D eigenvalue weighted by molar-refractivity contribution is 0.627. The summed E-state index contributed by atoms with van der Waals surface area (Å²) in [6.07, 6.45) is 5.72. The third-order valence-electron chi connectivity index (χ3n) is 4.79. The average Bonchev–Trinajstić information content (AvgIpc) is 3.22. The van der Waals surface area contributed by atoms with Crippen molar-refractivity contribution in [3.05, 3.63) is 100 Å². The number of halogens is 1. The summed E-state index contributed by atoms with van der Waals surface area (Å²) in [7, 11) is -0.736. The maximum absolute atomic E-state index is 13.4. The van der Waals surface area contributed by atoms with Crippen molar-refractivity contribution >= 4 is 7.69 Å². The number of hydrogen-bond donors (Lipinski definition) is 1. The van der Waals surface area contributed by atoms with Crippen LogP contribution < -0.4 is 11.3 Å². The number of aryl methyl sites for hydroxylation is 1. The second-order valence-electron chi connectivity index (χ2n) is 7.04. The molecular weight excluding hydrogens is 398 g/mol. The van der Waals surface area contributed by atoms with Gasteiger partial charge in [0.05, 0.1) is 5.69 Å². The predicted molar refractivity (Wildman–Crippen MR) is 119 cm³/mol. The lowest BCUT2D eigenvalue weighted by Crippen LogP contribution is -2.22. The number of nitrogens with zero attached hydrogens (tertiary/aromatic N) is 3. The van der Waals surface area contributed by atoms with Crippen LogP contribution in [0.15, 0.2) is 77.6 Å². The van der Waals surface area contributed by atoms with Crippen molar-refractivity contribution in [3.63, 3.8) is 0 Å². The molecule has 2 heterocycles. The Kier molecular flexibility index (Phi) is 6.17. The van der Waals surface area contributed by atoms with Gasteiger partial charge in [0, 0.05) is 29.8 Å². The first-order valence-electron chi connectivity index (χ1n) is 9.79. The van der Waals surface area contributed by atoms with Crippen LogP contribution in [0.4, 0.5) is 4.39 Å². The third-order valence-corrected chi connectivity index (χ3v) is 6.47. The Hall–Kier alpha value is -3.08. The van der Waals surface area contributed by atoms with Crippen LogP contribution in [-0.2, 0) is 12.6 Å². The molecule has 152 valence electrons. The van der Waals surface area contributed by atoms with Crippen molar-refractivity contribution in [2.75, 3.05) is 6.54 Å². The fourth-order valence-electron chi connectivity index (χ4n) is 3.27. The normalized spacial score (nSPS) is 11.6. The Labute approximate surface area is 175 Å². The molecule has 0 aliphatic rings. The van der Waals surface area contributed by atoms with E-state index in [0.717, 1.165) is 23.8 Å². The van der Waals surface area contributed by atoms with Gasteiger partial charge in [-0.15, -0.1) is 0 Å². The summed E-state index contributed by atoms with van der Waals surface area (Å²) < 4.78 is 19.5. The molecular formula is C23H22FN4OP. The summed E-state index contributed by atoms with van der Waals surface area (Å²) >= 11 is 0. The molecule has 1 unspecified atom stereocenters. The van der Waals surface area contributed by atoms with E-state index in [4.69, 9.17) is 5.73 Å². The quantitative estimate of drug-likeness (QED) is 0.482. The van der Waals surface area contributed by atoms with Gasteiger partial charge in [-0.1, -0.05) is 30.3 Å². The van der Waals surface area contributed by atoms with Crippen LogP contribution in [-0.4, -0.2) is 20.8 Å². The first kappa shape index (κ1) is 20.2. The Morgan fingerprint density at radius 1 is 1.07 bits per heavy atom. The standard InChI is InChI=1S/C23H22FN4OP/c24-19-8-10-21(11-9-19)28-14-20(7-4-12-25)27-22(23(28)29)18-13-26-30(16-18)15-17-5-2-1-3-6-17/h1-3,5-6,8-11,13-14,16H,4,7,12,15,25H2. The minimum Gasteiger partial charge on any atom is -0.330 e. The summed E-state index contributed by atoms with van der Waals surface area (Å²) in [5.74, 6) is 1.70. The highest BCUT2D eigenvalue weighted by molar-refractivity contribution is 7.44. The van der Waals surface area contributed by atoms with Crippen LogP contribution >= 0.6 is 7.69 Å². The Morgan fingerprint density at radius 2 is 1.83 bits per heavy atom. The molecule has 0 spiro atoms. The molecule has 0 bridgehead atoms. The van der Waals surface area contributed by atoms with Crippen molar-refractivity contribution in [2.24, 2.45) is 5.73 Å². The van der Waals surface area contributed by atoms with E-state index in [-0.39, 0.29) is 11.4 Å². The average molecular weight is 420 g/mol. The van der Waals surface area contributed by atoms with Gasteiger partial charge in [-0.25, -0.2) is 14.1 Å². The molecule has 4 rings (SSSR count). The predicted octanol–water partition coefficient (Wildman–Crippen LogP) is 4.36. The largest absolute Gasteiger partial charge is 0.330 e. The lowest BCUT2D eigenvalue weighted by atomic mass is 10.2. The first-order valence-corrected chi connectivity index (χ1v) is 11.3. The molecule has 2 aromatic carbocycles. The highest BCUT2D eigenvalue weighted by atomic mass is 31.1. The van der Waals surface area contributed by atoms with Gasteiger partial charge in [0.1, 0.15) is 11.5 Å². The van der Waals surface area contributed by atoms with Gasteiger partial charge < -0.3 is 5.73 Å². The molecule has 2 aromatic heterocycles.